The van der Waals surface area contributed by atoms with E-state index in [1.54, 1.807) is 48.5 Å². The minimum atomic E-state index is -0.606. The molecule has 0 atom stereocenters. The number of halogens is 2. The lowest BCUT2D eigenvalue weighted by molar-refractivity contribution is -0.118. The number of amides is 2. The first-order valence-electron chi connectivity index (χ1n) is 9.40. The highest BCUT2D eigenvalue weighted by atomic mass is 35.5. The number of hydrogen-bond acceptors (Lipinski definition) is 4. The quantitative estimate of drug-likeness (QED) is 0.390. The molecular formula is C24H17ClFN3O3. The van der Waals surface area contributed by atoms with Crippen molar-refractivity contribution in [3.8, 4) is 11.8 Å². The number of benzene rings is 3. The Morgan fingerprint density at radius 2 is 1.78 bits per heavy atom. The number of nitriles is 1. The van der Waals surface area contributed by atoms with Crippen molar-refractivity contribution in [1.82, 2.24) is 0 Å². The molecule has 0 aromatic heterocycles. The van der Waals surface area contributed by atoms with Crippen LogP contribution in [0.25, 0.3) is 6.08 Å². The molecular weight excluding hydrogens is 433 g/mol. The highest BCUT2D eigenvalue weighted by molar-refractivity contribution is 6.34. The third-order valence-corrected chi connectivity index (χ3v) is 4.48. The second-order valence-electron chi connectivity index (χ2n) is 6.52. The summed E-state index contributed by atoms with van der Waals surface area (Å²) < 4.78 is 18.4. The fourth-order valence-corrected chi connectivity index (χ4v) is 2.82. The average molecular weight is 450 g/mol. The van der Waals surface area contributed by atoms with Gasteiger partial charge in [-0.3, -0.25) is 9.59 Å². The molecule has 32 heavy (non-hydrogen) atoms. The van der Waals surface area contributed by atoms with Gasteiger partial charge in [0.15, 0.2) is 6.61 Å². The first-order chi connectivity index (χ1) is 15.4. The monoisotopic (exact) mass is 449 g/mol. The summed E-state index contributed by atoms with van der Waals surface area (Å²) in [6.45, 7) is -0.275. The maximum Gasteiger partial charge on any atom is 0.266 e. The van der Waals surface area contributed by atoms with Crippen molar-refractivity contribution in [1.29, 1.82) is 5.26 Å². The van der Waals surface area contributed by atoms with E-state index in [4.69, 9.17) is 16.3 Å². The van der Waals surface area contributed by atoms with Gasteiger partial charge in [0, 0.05) is 5.69 Å². The molecule has 0 aliphatic heterocycles. The normalized spacial score (nSPS) is 10.7. The van der Waals surface area contributed by atoms with Crippen LogP contribution in [0.15, 0.2) is 78.4 Å². The summed E-state index contributed by atoms with van der Waals surface area (Å²) in [6.07, 6.45) is 1.40. The van der Waals surface area contributed by atoms with E-state index in [-0.39, 0.29) is 12.2 Å². The fraction of sp³-hybridized carbons (Fsp3) is 0.0417. The van der Waals surface area contributed by atoms with Crippen LogP contribution in [0.3, 0.4) is 0 Å². The molecule has 6 nitrogen and oxygen atoms in total. The highest BCUT2D eigenvalue weighted by Crippen LogP contribution is 2.22. The van der Waals surface area contributed by atoms with E-state index >= 15 is 0 Å². The summed E-state index contributed by atoms with van der Waals surface area (Å²) in [5.41, 5.74) is 1.24. The Hall–Kier alpha value is -4.15. The lowest BCUT2D eigenvalue weighted by Gasteiger charge is -2.09. The number of carbonyl (C=O) groups is 2. The zero-order chi connectivity index (χ0) is 22.9. The SMILES string of the molecule is N#CC(=Cc1cccc(OCC(=O)Nc2ccc(F)cc2)c1)C(=O)Nc1ccccc1Cl. The summed E-state index contributed by atoms with van der Waals surface area (Å²) in [5, 5.41) is 14.9. The van der Waals surface area contributed by atoms with Gasteiger partial charge in [0.25, 0.3) is 11.8 Å². The summed E-state index contributed by atoms with van der Waals surface area (Å²) in [4.78, 5) is 24.4. The van der Waals surface area contributed by atoms with Crippen LogP contribution in [0.1, 0.15) is 5.56 Å². The molecule has 0 aliphatic rings. The van der Waals surface area contributed by atoms with Crippen molar-refractivity contribution in [2.75, 3.05) is 17.2 Å². The van der Waals surface area contributed by atoms with Gasteiger partial charge in [0.2, 0.25) is 0 Å². The Kier molecular flexibility index (Phi) is 7.57. The topological polar surface area (TPSA) is 91.2 Å². The van der Waals surface area contributed by atoms with Gasteiger partial charge in [-0.2, -0.15) is 5.26 Å². The van der Waals surface area contributed by atoms with E-state index < -0.39 is 17.6 Å². The molecule has 0 saturated carbocycles. The van der Waals surface area contributed by atoms with Gasteiger partial charge < -0.3 is 15.4 Å². The van der Waals surface area contributed by atoms with E-state index in [0.29, 0.717) is 27.7 Å². The minimum Gasteiger partial charge on any atom is -0.484 e. The van der Waals surface area contributed by atoms with Crippen LogP contribution in [-0.4, -0.2) is 18.4 Å². The van der Waals surface area contributed by atoms with Crippen LogP contribution in [0, 0.1) is 17.1 Å². The van der Waals surface area contributed by atoms with E-state index in [1.807, 2.05) is 6.07 Å². The minimum absolute atomic E-state index is 0.129. The summed E-state index contributed by atoms with van der Waals surface area (Å²) in [7, 11) is 0. The van der Waals surface area contributed by atoms with Crippen molar-refractivity contribution in [3.05, 3.63) is 94.8 Å². The maximum absolute atomic E-state index is 12.9. The smallest absolute Gasteiger partial charge is 0.266 e. The molecule has 2 N–H and O–H groups in total. The number of hydrogen-bond donors (Lipinski definition) is 2. The van der Waals surface area contributed by atoms with Crippen LogP contribution in [0.2, 0.25) is 5.02 Å². The second-order valence-corrected chi connectivity index (χ2v) is 6.93. The van der Waals surface area contributed by atoms with Gasteiger partial charge in [0.05, 0.1) is 10.7 Å². The van der Waals surface area contributed by atoms with Gasteiger partial charge in [0.1, 0.15) is 23.2 Å². The lowest BCUT2D eigenvalue weighted by atomic mass is 10.1. The molecule has 0 radical (unpaired) electrons. The number of nitrogens with one attached hydrogen (secondary N) is 2. The molecule has 3 aromatic carbocycles. The summed E-state index contributed by atoms with van der Waals surface area (Å²) in [6, 6.07) is 20.5. The van der Waals surface area contributed by atoms with Crippen molar-refractivity contribution in [2.24, 2.45) is 0 Å². The van der Waals surface area contributed by atoms with E-state index in [2.05, 4.69) is 10.6 Å². The van der Waals surface area contributed by atoms with Crippen LogP contribution >= 0.6 is 11.6 Å². The summed E-state index contributed by atoms with van der Waals surface area (Å²) >= 11 is 6.03. The molecule has 3 rings (SSSR count). The van der Waals surface area contributed by atoms with Crippen LogP contribution < -0.4 is 15.4 Å². The Morgan fingerprint density at radius 1 is 1.03 bits per heavy atom. The predicted octanol–water partition coefficient (Wildman–Crippen LogP) is 5.04. The molecule has 8 heteroatoms. The van der Waals surface area contributed by atoms with Crippen molar-refractivity contribution in [3.63, 3.8) is 0 Å². The number of rotatable bonds is 7. The molecule has 3 aromatic rings. The molecule has 0 fully saturated rings. The number of para-hydroxylation sites is 1. The standard InChI is InChI=1S/C24H17ClFN3O3/c25-21-6-1-2-7-22(21)29-24(31)17(14-27)12-16-4-3-5-20(13-16)32-15-23(30)28-19-10-8-18(26)9-11-19/h1-13H,15H2,(H,28,30)(H,29,31). The third kappa shape index (κ3) is 6.42. The molecule has 0 spiro atoms. The highest BCUT2D eigenvalue weighted by Gasteiger charge is 2.11. The summed E-state index contributed by atoms with van der Waals surface area (Å²) in [5.74, 6) is -1.06. The average Bonchev–Trinajstić information content (AvgIpc) is 2.79. The Balaban J connectivity index is 1.63. The van der Waals surface area contributed by atoms with Crippen LogP contribution in [0.5, 0.6) is 5.75 Å². The van der Waals surface area contributed by atoms with E-state index in [0.717, 1.165) is 0 Å². The first-order valence-corrected chi connectivity index (χ1v) is 9.78. The fourth-order valence-electron chi connectivity index (χ4n) is 2.64. The van der Waals surface area contributed by atoms with Crippen LogP contribution in [0.4, 0.5) is 15.8 Å². The lowest BCUT2D eigenvalue weighted by Crippen LogP contribution is -2.20. The molecule has 0 unspecified atom stereocenters. The number of anilines is 2. The maximum atomic E-state index is 12.9. The van der Waals surface area contributed by atoms with Gasteiger partial charge >= 0.3 is 0 Å². The zero-order valence-corrected chi connectivity index (χ0v) is 17.4. The third-order valence-electron chi connectivity index (χ3n) is 4.15. The van der Waals surface area contributed by atoms with Crippen molar-refractivity contribution in [2.45, 2.75) is 0 Å². The van der Waals surface area contributed by atoms with Crippen LogP contribution in [-0.2, 0) is 9.59 Å². The second kappa shape index (κ2) is 10.8. The number of nitrogens with zero attached hydrogens (tertiary/aromatic N) is 1. The first kappa shape index (κ1) is 22.5. The largest absolute Gasteiger partial charge is 0.484 e. The van der Waals surface area contributed by atoms with Crippen molar-refractivity contribution >= 4 is 40.9 Å². The molecule has 0 heterocycles. The Bertz CT molecular complexity index is 1200. The van der Waals surface area contributed by atoms with Gasteiger partial charge in [-0.05, 0) is 60.2 Å². The Morgan fingerprint density at radius 3 is 2.50 bits per heavy atom. The predicted molar refractivity (Wildman–Crippen MR) is 121 cm³/mol. The molecule has 0 aliphatic carbocycles. The number of carbonyl (C=O) groups excluding carboxylic acids is 2. The zero-order valence-electron chi connectivity index (χ0n) is 16.6. The van der Waals surface area contributed by atoms with Gasteiger partial charge in [-0.1, -0.05) is 35.9 Å². The van der Waals surface area contributed by atoms with E-state index in [9.17, 15) is 19.2 Å². The van der Waals surface area contributed by atoms with Gasteiger partial charge in [-0.25, -0.2) is 4.39 Å². The van der Waals surface area contributed by atoms with Gasteiger partial charge in [-0.15, -0.1) is 0 Å². The van der Waals surface area contributed by atoms with E-state index in [1.165, 1.54) is 30.3 Å². The molecule has 0 saturated heterocycles. The van der Waals surface area contributed by atoms with Crippen molar-refractivity contribution < 1.29 is 18.7 Å². The molecule has 160 valence electrons. The molecule has 2 amide bonds. The molecule has 0 bridgehead atoms. The number of ether oxygens (including phenoxy) is 1. The Labute approximate surface area is 188 Å².